The van der Waals surface area contributed by atoms with Gasteiger partial charge in [-0.05, 0) is 38.5 Å². The van der Waals surface area contributed by atoms with Crippen LogP contribution in [-0.4, -0.2) is 22.6 Å². The summed E-state index contributed by atoms with van der Waals surface area (Å²) < 4.78 is 6.06. The van der Waals surface area contributed by atoms with Crippen molar-refractivity contribution < 1.29 is 14.6 Å². The molecule has 1 aliphatic heterocycles. The number of ketones is 1. The molecule has 0 aromatic heterocycles. The standard InChI is InChI=1S/C21H23NO3/c1-13(23)16-11-15(10-9-14-7-5-4-6-8-14)19-17(12-16)18(22)20(24)21(2,3)25-19/h4-12,18,20,24H,22H2,1-3H3. The number of Topliss-reactive ketones (excluding diaryl/α,β-unsaturated/α-hetero) is 1. The smallest absolute Gasteiger partial charge is 0.159 e. The highest BCUT2D eigenvalue weighted by atomic mass is 16.5. The van der Waals surface area contributed by atoms with Crippen LogP contribution in [0.3, 0.4) is 0 Å². The van der Waals surface area contributed by atoms with E-state index in [0.717, 1.165) is 11.1 Å². The Kier molecular flexibility index (Phi) is 4.50. The first-order valence-electron chi connectivity index (χ1n) is 8.34. The minimum atomic E-state index is -0.854. The van der Waals surface area contributed by atoms with E-state index in [-0.39, 0.29) is 5.78 Å². The summed E-state index contributed by atoms with van der Waals surface area (Å²) in [7, 11) is 0. The van der Waals surface area contributed by atoms with Gasteiger partial charge in [0.05, 0.1) is 6.04 Å². The predicted molar refractivity (Wildman–Crippen MR) is 99.5 cm³/mol. The fraction of sp³-hybridized carbons (Fsp3) is 0.286. The van der Waals surface area contributed by atoms with Crippen LogP contribution in [0, 0.1) is 0 Å². The molecule has 2 aromatic rings. The van der Waals surface area contributed by atoms with Gasteiger partial charge in [-0.2, -0.15) is 0 Å². The second-order valence-corrected chi connectivity index (χ2v) is 6.96. The monoisotopic (exact) mass is 337 g/mol. The molecule has 3 N–H and O–H groups in total. The van der Waals surface area contributed by atoms with Crippen LogP contribution in [0.5, 0.6) is 5.75 Å². The Hall–Kier alpha value is -2.43. The number of benzene rings is 2. The van der Waals surface area contributed by atoms with E-state index in [2.05, 4.69) is 0 Å². The summed E-state index contributed by atoms with van der Waals surface area (Å²) in [5.74, 6) is 0.573. The SMILES string of the molecule is CC(=O)c1cc(C=Cc2ccccc2)c2c(c1)C(N)C(O)C(C)(C)O2. The lowest BCUT2D eigenvalue weighted by atomic mass is 9.84. The predicted octanol–water partition coefficient (Wildman–Crippen LogP) is 3.59. The van der Waals surface area contributed by atoms with Crippen molar-refractivity contribution in [1.29, 1.82) is 0 Å². The summed E-state index contributed by atoms with van der Waals surface area (Å²) >= 11 is 0. The van der Waals surface area contributed by atoms with Gasteiger partial charge in [-0.15, -0.1) is 0 Å². The number of carbonyl (C=O) groups is 1. The van der Waals surface area contributed by atoms with Gasteiger partial charge in [-0.25, -0.2) is 0 Å². The highest BCUT2D eigenvalue weighted by molar-refractivity contribution is 5.95. The molecule has 130 valence electrons. The van der Waals surface area contributed by atoms with Crippen molar-refractivity contribution in [3.8, 4) is 5.75 Å². The van der Waals surface area contributed by atoms with Crippen molar-refractivity contribution >= 4 is 17.9 Å². The molecule has 0 saturated heterocycles. The van der Waals surface area contributed by atoms with Gasteiger partial charge < -0.3 is 15.6 Å². The lowest BCUT2D eigenvalue weighted by molar-refractivity contribution is -0.0573. The molecule has 1 aliphatic rings. The Bertz CT molecular complexity index is 825. The topological polar surface area (TPSA) is 72.6 Å². The molecular formula is C21H23NO3. The quantitative estimate of drug-likeness (QED) is 0.663. The maximum atomic E-state index is 11.9. The van der Waals surface area contributed by atoms with Crippen LogP contribution < -0.4 is 10.5 Å². The van der Waals surface area contributed by atoms with Crippen LogP contribution in [0.4, 0.5) is 0 Å². The number of aliphatic hydroxyl groups excluding tert-OH is 1. The van der Waals surface area contributed by atoms with Crippen LogP contribution >= 0.6 is 0 Å². The third-order valence-corrected chi connectivity index (χ3v) is 4.58. The Morgan fingerprint density at radius 1 is 1.20 bits per heavy atom. The number of ether oxygens (including phenoxy) is 1. The third-order valence-electron chi connectivity index (χ3n) is 4.58. The third kappa shape index (κ3) is 3.36. The number of hydrogen-bond acceptors (Lipinski definition) is 4. The minimum Gasteiger partial charge on any atom is -0.484 e. The molecule has 2 aromatic carbocycles. The Labute approximate surface area is 147 Å². The molecule has 0 fully saturated rings. The number of carbonyl (C=O) groups excluding carboxylic acids is 1. The maximum Gasteiger partial charge on any atom is 0.159 e. The van der Waals surface area contributed by atoms with Gasteiger partial charge in [0.25, 0.3) is 0 Å². The number of fused-ring (bicyclic) bond motifs is 1. The Morgan fingerprint density at radius 2 is 1.88 bits per heavy atom. The number of rotatable bonds is 3. The summed E-state index contributed by atoms with van der Waals surface area (Å²) in [5.41, 5.74) is 8.48. The zero-order valence-corrected chi connectivity index (χ0v) is 14.7. The van der Waals surface area contributed by atoms with E-state index in [9.17, 15) is 9.90 Å². The van der Waals surface area contributed by atoms with E-state index >= 15 is 0 Å². The summed E-state index contributed by atoms with van der Waals surface area (Å²) in [4.78, 5) is 11.9. The van der Waals surface area contributed by atoms with Crippen LogP contribution in [0.25, 0.3) is 12.2 Å². The largest absolute Gasteiger partial charge is 0.484 e. The van der Waals surface area contributed by atoms with Crippen LogP contribution in [0.15, 0.2) is 42.5 Å². The van der Waals surface area contributed by atoms with E-state index in [0.29, 0.717) is 16.9 Å². The average molecular weight is 337 g/mol. The molecule has 1 heterocycles. The minimum absolute atomic E-state index is 0.0521. The van der Waals surface area contributed by atoms with Gasteiger partial charge in [-0.3, -0.25) is 4.79 Å². The van der Waals surface area contributed by atoms with Crippen molar-refractivity contribution in [2.45, 2.75) is 38.5 Å². The molecule has 4 heteroatoms. The first-order chi connectivity index (χ1) is 11.8. The highest BCUT2D eigenvalue weighted by Gasteiger charge is 2.42. The molecule has 0 bridgehead atoms. The van der Waals surface area contributed by atoms with Crippen LogP contribution in [0.2, 0.25) is 0 Å². The van der Waals surface area contributed by atoms with E-state index in [1.54, 1.807) is 12.1 Å². The van der Waals surface area contributed by atoms with Gasteiger partial charge >= 0.3 is 0 Å². The summed E-state index contributed by atoms with van der Waals surface area (Å²) in [6, 6.07) is 12.8. The molecule has 4 nitrogen and oxygen atoms in total. The van der Waals surface area contributed by atoms with Gasteiger partial charge in [-0.1, -0.05) is 42.5 Å². The van der Waals surface area contributed by atoms with E-state index in [1.807, 2.05) is 56.3 Å². The average Bonchev–Trinajstić information content (AvgIpc) is 2.58. The molecule has 0 saturated carbocycles. The van der Waals surface area contributed by atoms with E-state index in [4.69, 9.17) is 10.5 Å². The number of nitrogens with two attached hydrogens (primary N) is 1. The molecule has 2 unspecified atom stereocenters. The normalized spacial score (nSPS) is 21.6. The summed E-state index contributed by atoms with van der Waals surface area (Å²) in [6.07, 6.45) is 3.03. The molecule has 2 atom stereocenters. The molecule has 0 spiro atoms. The van der Waals surface area contributed by atoms with Crippen LogP contribution in [0.1, 0.15) is 53.9 Å². The Balaban J connectivity index is 2.13. The molecule has 0 amide bonds. The summed E-state index contributed by atoms with van der Waals surface area (Å²) in [6.45, 7) is 5.13. The fourth-order valence-electron chi connectivity index (χ4n) is 3.04. The second-order valence-electron chi connectivity index (χ2n) is 6.96. The molecule has 3 rings (SSSR count). The second kappa shape index (κ2) is 6.47. The van der Waals surface area contributed by atoms with Crippen molar-refractivity contribution in [2.24, 2.45) is 5.73 Å². The number of aliphatic hydroxyl groups is 1. The fourth-order valence-corrected chi connectivity index (χ4v) is 3.04. The molecule has 25 heavy (non-hydrogen) atoms. The zero-order chi connectivity index (χ0) is 18.2. The van der Waals surface area contributed by atoms with Gasteiger partial charge in [0.2, 0.25) is 0 Å². The van der Waals surface area contributed by atoms with Crippen molar-refractivity contribution in [3.63, 3.8) is 0 Å². The van der Waals surface area contributed by atoms with Gasteiger partial charge in [0, 0.05) is 16.7 Å². The highest BCUT2D eigenvalue weighted by Crippen LogP contribution is 2.42. The molecule has 0 aliphatic carbocycles. The van der Waals surface area contributed by atoms with Gasteiger partial charge in [0.15, 0.2) is 5.78 Å². The summed E-state index contributed by atoms with van der Waals surface area (Å²) in [5, 5.41) is 10.4. The van der Waals surface area contributed by atoms with Crippen molar-refractivity contribution in [1.82, 2.24) is 0 Å². The number of hydrogen-bond donors (Lipinski definition) is 2. The first-order valence-corrected chi connectivity index (χ1v) is 8.34. The zero-order valence-electron chi connectivity index (χ0n) is 14.7. The first kappa shape index (κ1) is 17.4. The van der Waals surface area contributed by atoms with E-state index in [1.165, 1.54) is 6.92 Å². The van der Waals surface area contributed by atoms with Gasteiger partial charge in [0.1, 0.15) is 17.5 Å². The lowest BCUT2D eigenvalue weighted by Crippen LogP contribution is -2.51. The molecular weight excluding hydrogens is 314 g/mol. The van der Waals surface area contributed by atoms with E-state index < -0.39 is 17.7 Å². The molecule has 0 radical (unpaired) electrons. The lowest BCUT2D eigenvalue weighted by Gasteiger charge is -2.41. The maximum absolute atomic E-state index is 11.9. The van der Waals surface area contributed by atoms with Crippen LogP contribution in [-0.2, 0) is 0 Å². The van der Waals surface area contributed by atoms with Crippen molar-refractivity contribution in [3.05, 3.63) is 64.7 Å². The van der Waals surface area contributed by atoms with Crippen molar-refractivity contribution in [2.75, 3.05) is 0 Å². The Morgan fingerprint density at radius 3 is 2.52 bits per heavy atom.